The number of nitrogens with zero attached hydrogens (tertiary/aromatic N) is 2. The molecule has 1 aromatic heterocycles. The molecule has 110 valence electrons. The summed E-state index contributed by atoms with van der Waals surface area (Å²) in [5, 5.41) is 0. The molecule has 1 unspecified atom stereocenters. The fourth-order valence-corrected chi connectivity index (χ4v) is 4.47. The topological polar surface area (TPSA) is 50.9 Å². The van der Waals surface area contributed by atoms with Gasteiger partial charge in [0, 0.05) is 15.0 Å². The third-order valence-corrected chi connectivity index (χ3v) is 6.69. The van der Waals surface area contributed by atoms with Gasteiger partial charge >= 0.3 is 0 Å². The minimum Gasteiger partial charge on any atom is -0.497 e. The molecule has 7 heteroatoms. The Hall–Kier alpha value is -1.05. The second kappa shape index (κ2) is 5.98. The third-order valence-electron chi connectivity index (χ3n) is 3.33. The molecule has 0 spiro atoms. The summed E-state index contributed by atoms with van der Waals surface area (Å²) in [6.45, 7) is 0.664. The zero-order valence-electron chi connectivity index (χ0n) is 11.2. The fraction of sp³-hybridized carbons (Fsp3) is 0.214. The summed E-state index contributed by atoms with van der Waals surface area (Å²) in [6, 6.07) is 10.1. The molecule has 0 radical (unpaired) electrons. The van der Waals surface area contributed by atoms with Gasteiger partial charge in [0.1, 0.15) is 5.75 Å². The molecule has 2 N–H and O–H groups in total. The molecule has 0 aliphatic carbocycles. The number of nitrogens with two attached hydrogens (primary N) is 1. The first-order valence-corrected chi connectivity index (χ1v) is 8.68. The van der Waals surface area contributed by atoms with Crippen LogP contribution < -0.4 is 15.4 Å². The van der Waals surface area contributed by atoms with Crippen molar-refractivity contribution < 1.29 is 4.74 Å². The van der Waals surface area contributed by atoms with E-state index >= 15 is 0 Å². The maximum absolute atomic E-state index is 6.08. The lowest BCUT2D eigenvalue weighted by molar-refractivity contribution is 0.415. The number of anilines is 1. The molecule has 1 aromatic carbocycles. The number of guanidine groups is 1. The highest BCUT2D eigenvalue weighted by Crippen LogP contribution is 2.40. The number of rotatable bonds is 3. The molecule has 0 saturated heterocycles. The van der Waals surface area contributed by atoms with E-state index in [1.165, 1.54) is 4.88 Å². The molecule has 4 nitrogen and oxygen atoms in total. The fourth-order valence-electron chi connectivity index (χ4n) is 2.30. The van der Waals surface area contributed by atoms with Crippen LogP contribution in [-0.4, -0.2) is 19.6 Å². The lowest BCUT2D eigenvalue weighted by Gasteiger charge is -2.25. The van der Waals surface area contributed by atoms with E-state index in [9.17, 15) is 0 Å². The maximum Gasteiger partial charge on any atom is 0.196 e. The Morgan fingerprint density at radius 1 is 1.33 bits per heavy atom. The highest BCUT2D eigenvalue weighted by atomic mass is 79.9. The van der Waals surface area contributed by atoms with E-state index < -0.39 is 0 Å². The Balaban J connectivity index is 1.94. The van der Waals surface area contributed by atoms with Gasteiger partial charge in [-0.3, -0.25) is 4.99 Å². The van der Waals surface area contributed by atoms with Gasteiger partial charge in [0.05, 0.1) is 23.5 Å². The van der Waals surface area contributed by atoms with Crippen LogP contribution in [0.2, 0.25) is 0 Å². The summed E-state index contributed by atoms with van der Waals surface area (Å²) >= 11 is 8.77. The van der Waals surface area contributed by atoms with Crippen molar-refractivity contribution in [2.45, 2.75) is 6.04 Å². The molecule has 1 aliphatic heterocycles. The maximum atomic E-state index is 6.08. The summed E-state index contributed by atoms with van der Waals surface area (Å²) in [7, 11) is 1.66. The van der Waals surface area contributed by atoms with Gasteiger partial charge in [0.2, 0.25) is 0 Å². The van der Waals surface area contributed by atoms with Crippen LogP contribution in [0.5, 0.6) is 5.75 Å². The zero-order valence-corrected chi connectivity index (χ0v) is 15.2. The predicted octanol–water partition coefficient (Wildman–Crippen LogP) is 4.16. The molecule has 21 heavy (non-hydrogen) atoms. The van der Waals surface area contributed by atoms with E-state index in [1.807, 2.05) is 24.3 Å². The van der Waals surface area contributed by atoms with Crippen molar-refractivity contribution in [3.63, 3.8) is 0 Å². The minimum atomic E-state index is 0.131. The molecule has 2 heterocycles. The molecule has 1 atom stereocenters. The van der Waals surface area contributed by atoms with Gasteiger partial charge in [-0.05, 0) is 62.2 Å². The molecule has 0 fully saturated rings. The quantitative estimate of drug-likeness (QED) is 0.795. The molecule has 2 aromatic rings. The van der Waals surface area contributed by atoms with Crippen LogP contribution in [0, 0.1) is 0 Å². The van der Waals surface area contributed by atoms with E-state index in [0.29, 0.717) is 12.5 Å². The summed E-state index contributed by atoms with van der Waals surface area (Å²) in [6.07, 6.45) is 0. The molecule has 0 amide bonds. The summed E-state index contributed by atoms with van der Waals surface area (Å²) in [5.74, 6) is 1.37. The Kier molecular flexibility index (Phi) is 4.24. The summed E-state index contributed by atoms with van der Waals surface area (Å²) in [4.78, 5) is 7.67. The number of thiophene rings is 1. The van der Waals surface area contributed by atoms with Crippen LogP contribution in [0.15, 0.2) is 43.6 Å². The Bertz CT molecular complexity index is 665. The van der Waals surface area contributed by atoms with Crippen LogP contribution in [-0.2, 0) is 0 Å². The van der Waals surface area contributed by atoms with Gasteiger partial charge in [-0.25, -0.2) is 0 Å². The number of halogens is 2. The monoisotopic (exact) mass is 429 g/mol. The van der Waals surface area contributed by atoms with Gasteiger partial charge < -0.3 is 15.4 Å². The van der Waals surface area contributed by atoms with Crippen LogP contribution in [0.25, 0.3) is 0 Å². The van der Waals surface area contributed by atoms with Crippen molar-refractivity contribution in [2.24, 2.45) is 10.7 Å². The van der Waals surface area contributed by atoms with Crippen LogP contribution in [0.3, 0.4) is 0 Å². The first-order valence-electron chi connectivity index (χ1n) is 6.28. The third kappa shape index (κ3) is 2.82. The normalized spacial score (nSPS) is 18.0. The van der Waals surface area contributed by atoms with Gasteiger partial charge in [-0.1, -0.05) is 0 Å². The van der Waals surface area contributed by atoms with Gasteiger partial charge in [0.25, 0.3) is 0 Å². The highest BCUT2D eigenvalue weighted by molar-refractivity contribution is 9.13. The van der Waals surface area contributed by atoms with Crippen molar-refractivity contribution >= 4 is 54.8 Å². The Labute approximate surface area is 143 Å². The van der Waals surface area contributed by atoms with Gasteiger partial charge in [-0.2, -0.15) is 0 Å². The second-order valence-electron chi connectivity index (χ2n) is 4.55. The average Bonchev–Trinajstić information content (AvgIpc) is 3.02. The molecule has 0 bridgehead atoms. The van der Waals surface area contributed by atoms with Crippen molar-refractivity contribution in [1.82, 2.24) is 0 Å². The zero-order chi connectivity index (χ0) is 15.0. The van der Waals surface area contributed by atoms with E-state index in [1.54, 1.807) is 18.4 Å². The van der Waals surface area contributed by atoms with E-state index in [2.05, 4.69) is 47.8 Å². The van der Waals surface area contributed by atoms with Gasteiger partial charge in [0.15, 0.2) is 5.96 Å². The Morgan fingerprint density at radius 3 is 2.62 bits per heavy atom. The molecular formula is C14H13Br2N3OS. The largest absolute Gasteiger partial charge is 0.497 e. The van der Waals surface area contributed by atoms with E-state index in [4.69, 9.17) is 10.5 Å². The SMILES string of the molecule is COc1ccc(N2C(N)=NCC2c2cc(Br)c(Br)s2)cc1. The molecule has 3 rings (SSSR count). The average molecular weight is 431 g/mol. The number of hydrogen-bond donors (Lipinski definition) is 1. The number of ether oxygens (including phenoxy) is 1. The molecule has 1 aliphatic rings. The first-order chi connectivity index (χ1) is 10.1. The smallest absolute Gasteiger partial charge is 0.196 e. The second-order valence-corrected chi connectivity index (χ2v) is 7.81. The van der Waals surface area contributed by atoms with Crippen molar-refractivity contribution in [3.05, 3.63) is 43.5 Å². The standard InChI is InChI=1S/C14H13Br2N3OS/c1-20-9-4-2-8(3-5-9)19-11(7-18-14(19)17)12-6-10(15)13(16)21-12/h2-6,11H,7H2,1H3,(H2,17,18). The lowest BCUT2D eigenvalue weighted by Crippen LogP contribution is -2.35. The number of methoxy groups -OCH3 is 1. The summed E-state index contributed by atoms with van der Waals surface area (Å²) in [5.41, 5.74) is 7.09. The molecule has 0 saturated carbocycles. The van der Waals surface area contributed by atoms with Crippen LogP contribution in [0.1, 0.15) is 10.9 Å². The number of benzene rings is 1. The highest BCUT2D eigenvalue weighted by Gasteiger charge is 2.30. The van der Waals surface area contributed by atoms with E-state index in [0.717, 1.165) is 19.7 Å². The van der Waals surface area contributed by atoms with Crippen molar-refractivity contribution in [2.75, 3.05) is 18.6 Å². The van der Waals surface area contributed by atoms with E-state index in [-0.39, 0.29) is 6.04 Å². The minimum absolute atomic E-state index is 0.131. The number of aliphatic imine (C=N–C) groups is 1. The predicted molar refractivity (Wildman–Crippen MR) is 94.4 cm³/mol. The lowest BCUT2D eigenvalue weighted by atomic mass is 10.2. The van der Waals surface area contributed by atoms with Crippen LogP contribution in [0.4, 0.5) is 5.69 Å². The molecular weight excluding hydrogens is 418 g/mol. The number of hydrogen-bond acceptors (Lipinski definition) is 5. The summed E-state index contributed by atoms with van der Waals surface area (Å²) < 4.78 is 7.34. The van der Waals surface area contributed by atoms with Crippen molar-refractivity contribution in [1.29, 1.82) is 0 Å². The Morgan fingerprint density at radius 2 is 2.05 bits per heavy atom. The first kappa shape index (κ1) is 14.9. The van der Waals surface area contributed by atoms with Gasteiger partial charge in [-0.15, -0.1) is 11.3 Å². The van der Waals surface area contributed by atoms with Crippen LogP contribution >= 0.6 is 43.2 Å². The van der Waals surface area contributed by atoms with Crippen molar-refractivity contribution in [3.8, 4) is 5.75 Å².